The standard InChI is InChI=1S/C12H19N3O4/c16-10-2-1-9(13-10)12(19)15-7-5-14(6-8-15)4-3-11(17)18/h9H,1-8H2,(H,13,16)(H,17,18)/t9-/m1/s1. The highest BCUT2D eigenvalue weighted by Gasteiger charge is 2.32. The highest BCUT2D eigenvalue weighted by atomic mass is 16.4. The number of rotatable bonds is 4. The van der Waals surface area contributed by atoms with Crippen molar-refractivity contribution in [3.8, 4) is 0 Å². The van der Waals surface area contributed by atoms with Crippen LogP contribution < -0.4 is 5.32 Å². The first-order valence-electron chi connectivity index (χ1n) is 6.58. The van der Waals surface area contributed by atoms with E-state index in [1.165, 1.54) is 0 Å². The minimum Gasteiger partial charge on any atom is -0.481 e. The summed E-state index contributed by atoms with van der Waals surface area (Å²) in [6.45, 7) is 3.12. The van der Waals surface area contributed by atoms with Crippen LogP contribution in [0.3, 0.4) is 0 Å². The number of carboxylic acids is 1. The molecule has 0 aliphatic carbocycles. The fraction of sp³-hybridized carbons (Fsp3) is 0.750. The van der Waals surface area contributed by atoms with Crippen LogP contribution in [0.5, 0.6) is 0 Å². The number of nitrogens with one attached hydrogen (secondary N) is 1. The van der Waals surface area contributed by atoms with Gasteiger partial charge in [0.1, 0.15) is 6.04 Å². The van der Waals surface area contributed by atoms with Gasteiger partial charge in [-0.05, 0) is 6.42 Å². The summed E-state index contributed by atoms with van der Waals surface area (Å²) in [5.41, 5.74) is 0. The van der Waals surface area contributed by atoms with Gasteiger partial charge < -0.3 is 15.3 Å². The van der Waals surface area contributed by atoms with Gasteiger partial charge in [-0.2, -0.15) is 0 Å². The van der Waals surface area contributed by atoms with Crippen LogP contribution in [0, 0.1) is 0 Å². The van der Waals surface area contributed by atoms with Crippen LogP contribution in [0.1, 0.15) is 19.3 Å². The molecule has 1 atom stereocenters. The zero-order chi connectivity index (χ0) is 13.8. The highest BCUT2D eigenvalue weighted by molar-refractivity contribution is 5.90. The highest BCUT2D eigenvalue weighted by Crippen LogP contribution is 2.12. The first kappa shape index (κ1) is 13.8. The zero-order valence-electron chi connectivity index (χ0n) is 10.8. The summed E-state index contributed by atoms with van der Waals surface area (Å²) >= 11 is 0. The Morgan fingerprint density at radius 3 is 2.47 bits per heavy atom. The monoisotopic (exact) mass is 269 g/mol. The average Bonchev–Trinajstić information content (AvgIpc) is 2.83. The Hall–Kier alpha value is -1.63. The van der Waals surface area contributed by atoms with E-state index in [0.717, 1.165) is 0 Å². The SMILES string of the molecule is O=C(O)CCN1CCN(C(=O)[C@H]2CCC(=O)N2)CC1. The molecule has 2 saturated heterocycles. The van der Waals surface area contributed by atoms with Gasteiger partial charge in [0, 0.05) is 39.1 Å². The van der Waals surface area contributed by atoms with E-state index in [9.17, 15) is 14.4 Å². The molecule has 0 aromatic heterocycles. The zero-order valence-corrected chi connectivity index (χ0v) is 10.8. The minimum absolute atomic E-state index is 0.0104. The fourth-order valence-corrected chi connectivity index (χ4v) is 2.47. The predicted octanol–water partition coefficient (Wildman–Crippen LogP) is -1.12. The molecule has 2 rings (SSSR count). The van der Waals surface area contributed by atoms with E-state index in [4.69, 9.17) is 5.11 Å². The molecule has 0 saturated carbocycles. The Morgan fingerprint density at radius 1 is 1.26 bits per heavy atom. The van der Waals surface area contributed by atoms with Gasteiger partial charge in [0.25, 0.3) is 0 Å². The Morgan fingerprint density at radius 2 is 1.95 bits per heavy atom. The Bertz CT molecular complexity index is 377. The van der Waals surface area contributed by atoms with Gasteiger partial charge in [0.2, 0.25) is 11.8 Å². The van der Waals surface area contributed by atoms with Crippen molar-refractivity contribution < 1.29 is 19.5 Å². The maximum atomic E-state index is 12.1. The van der Waals surface area contributed by atoms with E-state index >= 15 is 0 Å². The second kappa shape index (κ2) is 6.01. The first-order valence-corrected chi connectivity index (χ1v) is 6.58. The van der Waals surface area contributed by atoms with Gasteiger partial charge in [-0.3, -0.25) is 19.3 Å². The summed E-state index contributed by atoms with van der Waals surface area (Å²) in [6.07, 6.45) is 1.14. The Balaban J connectivity index is 1.75. The molecular formula is C12H19N3O4. The van der Waals surface area contributed by atoms with Crippen LogP contribution in [0.15, 0.2) is 0 Å². The van der Waals surface area contributed by atoms with E-state index in [2.05, 4.69) is 5.32 Å². The van der Waals surface area contributed by atoms with Gasteiger partial charge >= 0.3 is 5.97 Å². The Kier molecular flexibility index (Phi) is 4.36. The number of amides is 2. The lowest BCUT2D eigenvalue weighted by Gasteiger charge is -2.35. The van der Waals surface area contributed by atoms with Crippen molar-refractivity contribution in [2.45, 2.75) is 25.3 Å². The molecule has 0 aromatic rings. The van der Waals surface area contributed by atoms with Crippen molar-refractivity contribution in [2.75, 3.05) is 32.7 Å². The number of aliphatic carboxylic acids is 1. The van der Waals surface area contributed by atoms with Crippen LogP contribution in [0.25, 0.3) is 0 Å². The molecule has 7 nitrogen and oxygen atoms in total. The molecule has 2 N–H and O–H groups in total. The molecule has 2 fully saturated rings. The smallest absolute Gasteiger partial charge is 0.304 e. The third kappa shape index (κ3) is 3.66. The van der Waals surface area contributed by atoms with Gasteiger partial charge in [0.15, 0.2) is 0 Å². The number of piperazine rings is 1. The molecule has 19 heavy (non-hydrogen) atoms. The molecule has 2 aliphatic rings. The number of nitrogens with zero attached hydrogens (tertiary/aromatic N) is 2. The lowest BCUT2D eigenvalue weighted by Crippen LogP contribution is -2.53. The number of carbonyl (C=O) groups excluding carboxylic acids is 2. The molecule has 106 valence electrons. The van der Waals surface area contributed by atoms with Crippen LogP contribution in [0.2, 0.25) is 0 Å². The van der Waals surface area contributed by atoms with E-state index in [1.54, 1.807) is 4.90 Å². The molecule has 0 radical (unpaired) electrons. The molecule has 2 amide bonds. The summed E-state index contributed by atoms with van der Waals surface area (Å²) < 4.78 is 0. The summed E-state index contributed by atoms with van der Waals surface area (Å²) in [4.78, 5) is 37.5. The molecule has 2 aliphatic heterocycles. The van der Waals surface area contributed by atoms with Gasteiger partial charge in [0.05, 0.1) is 6.42 Å². The first-order chi connectivity index (χ1) is 9.06. The number of carbonyl (C=O) groups is 3. The molecule has 0 bridgehead atoms. The topological polar surface area (TPSA) is 90.0 Å². The normalized spacial score (nSPS) is 24.3. The van der Waals surface area contributed by atoms with Crippen LogP contribution in [0.4, 0.5) is 0 Å². The molecule has 0 unspecified atom stereocenters. The van der Waals surface area contributed by atoms with Gasteiger partial charge in [-0.1, -0.05) is 0 Å². The van der Waals surface area contributed by atoms with Gasteiger partial charge in [-0.15, -0.1) is 0 Å². The van der Waals surface area contributed by atoms with E-state index in [0.29, 0.717) is 45.6 Å². The summed E-state index contributed by atoms with van der Waals surface area (Å²) in [5.74, 6) is -0.866. The maximum absolute atomic E-state index is 12.1. The van der Waals surface area contributed by atoms with E-state index in [-0.39, 0.29) is 24.3 Å². The summed E-state index contributed by atoms with van der Waals surface area (Å²) in [5, 5.41) is 11.3. The van der Waals surface area contributed by atoms with Crippen molar-refractivity contribution in [3.63, 3.8) is 0 Å². The third-order valence-corrected chi connectivity index (χ3v) is 3.62. The van der Waals surface area contributed by atoms with Crippen molar-refractivity contribution in [1.82, 2.24) is 15.1 Å². The molecule has 0 spiro atoms. The Labute approximate surface area is 111 Å². The summed E-state index contributed by atoms with van der Waals surface area (Å²) in [6, 6.07) is -0.363. The van der Waals surface area contributed by atoms with Crippen LogP contribution >= 0.6 is 0 Å². The van der Waals surface area contributed by atoms with Crippen molar-refractivity contribution in [2.24, 2.45) is 0 Å². The number of carboxylic acid groups (broad SMARTS) is 1. The molecule has 7 heteroatoms. The van der Waals surface area contributed by atoms with Crippen LogP contribution in [-0.2, 0) is 14.4 Å². The average molecular weight is 269 g/mol. The quantitative estimate of drug-likeness (QED) is 0.675. The number of hydrogen-bond acceptors (Lipinski definition) is 4. The summed E-state index contributed by atoms with van der Waals surface area (Å²) in [7, 11) is 0. The molecule has 0 aromatic carbocycles. The van der Waals surface area contributed by atoms with Crippen molar-refractivity contribution in [3.05, 3.63) is 0 Å². The largest absolute Gasteiger partial charge is 0.481 e. The van der Waals surface area contributed by atoms with Crippen molar-refractivity contribution in [1.29, 1.82) is 0 Å². The minimum atomic E-state index is -0.799. The number of hydrogen-bond donors (Lipinski definition) is 2. The van der Waals surface area contributed by atoms with Gasteiger partial charge in [-0.25, -0.2) is 0 Å². The second-order valence-corrected chi connectivity index (χ2v) is 4.97. The van der Waals surface area contributed by atoms with Crippen molar-refractivity contribution >= 4 is 17.8 Å². The predicted molar refractivity (Wildman–Crippen MR) is 66.4 cm³/mol. The van der Waals surface area contributed by atoms with Crippen LogP contribution in [-0.4, -0.2) is 71.5 Å². The lowest BCUT2D eigenvalue weighted by atomic mass is 10.2. The fourth-order valence-electron chi connectivity index (χ4n) is 2.47. The molecular weight excluding hydrogens is 250 g/mol. The lowest BCUT2D eigenvalue weighted by molar-refractivity contribution is -0.139. The molecule has 2 heterocycles. The van der Waals surface area contributed by atoms with E-state index in [1.807, 2.05) is 4.90 Å². The maximum Gasteiger partial charge on any atom is 0.304 e. The third-order valence-electron chi connectivity index (χ3n) is 3.62. The second-order valence-electron chi connectivity index (χ2n) is 4.97. The van der Waals surface area contributed by atoms with E-state index < -0.39 is 5.97 Å².